The number of nitrogens with zero attached hydrogens (tertiary/aromatic N) is 1. The molecule has 3 N–H and O–H groups in total. The van der Waals surface area contributed by atoms with Gasteiger partial charge in [-0.15, -0.1) is 0 Å². The van der Waals surface area contributed by atoms with Gasteiger partial charge in [-0.25, -0.2) is 8.42 Å². The maximum absolute atomic E-state index is 13.1. The zero-order valence-corrected chi connectivity index (χ0v) is 21.0. The summed E-state index contributed by atoms with van der Waals surface area (Å²) in [5.74, 6) is 0.993. The predicted molar refractivity (Wildman–Crippen MR) is 133 cm³/mol. The van der Waals surface area contributed by atoms with Crippen molar-refractivity contribution in [2.45, 2.75) is 43.4 Å². The lowest BCUT2D eigenvalue weighted by molar-refractivity contribution is -0.384. The number of rotatable bonds is 7. The number of nitrogens with one attached hydrogen (secondary N) is 3. The lowest BCUT2D eigenvalue weighted by Crippen LogP contribution is -2.56. The largest absolute Gasteiger partial charge is 0.495 e. The standard InChI is InChI=1S/C25H28N4O7S/c1-36-22-6-5-19(29(32)33)11-21(22)28-37(34,35)20-4-2-3-18(10-20)23(30)26-27-24(31)25-12-15-7-16(13-25)9-17(8-15)14-25/h2-6,10-11,15-17,28H,7-9,12-14H2,1H3,(H,26,30)(H,27,31). The summed E-state index contributed by atoms with van der Waals surface area (Å²) in [7, 11) is -2.92. The van der Waals surface area contributed by atoms with Crippen LogP contribution in [0, 0.1) is 33.3 Å². The Hall–Kier alpha value is -3.67. The number of amides is 2. The molecule has 11 nitrogen and oxygen atoms in total. The van der Waals surface area contributed by atoms with Crippen LogP contribution in [0.1, 0.15) is 48.9 Å². The van der Waals surface area contributed by atoms with Gasteiger partial charge in [0.05, 0.1) is 28.0 Å². The van der Waals surface area contributed by atoms with Gasteiger partial charge in [0.1, 0.15) is 5.75 Å². The number of benzene rings is 2. The number of methoxy groups -OCH3 is 1. The Bertz CT molecular complexity index is 1340. The van der Waals surface area contributed by atoms with Gasteiger partial charge in [-0.05, 0) is 80.5 Å². The predicted octanol–water partition coefficient (Wildman–Crippen LogP) is 3.38. The summed E-state index contributed by atoms with van der Waals surface area (Å²) in [6, 6.07) is 8.81. The third kappa shape index (κ3) is 4.85. The first-order valence-electron chi connectivity index (χ1n) is 12.1. The van der Waals surface area contributed by atoms with Crippen molar-refractivity contribution in [1.29, 1.82) is 0 Å². The number of hydrazine groups is 1. The number of ether oxygens (including phenoxy) is 1. The molecule has 4 bridgehead atoms. The van der Waals surface area contributed by atoms with Gasteiger partial charge in [-0.2, -0.15) is 0 Å². The van der Waals surface area contributed by atoms with Crippen LogP contribution in [0.25, 0.3) is 0 Å². The summed E-state index contributed by atoms with van der Waals surface area (Å²) < 4.78 is 33.4. The van der Waals surface area contributed by atoms with Gasteiger partial charge >= 0.3 is 0 Å². The highest BCUT2D eigenvalue weighted by Crippen LogP contribution is 2.60. The summed E-state index contributed by atoms with van der Waals surface area (Å²) in [6.45, 7) is 0. The molecule has 6 rings (SSSR count). The van der Waals surface area contributed by atoms with Gasteiger partial charge in [-0.1, -0.05) is 6.07 Å². The van der Waals surface area contributed by atoms with Crippen molar-refractivity contribution in [2.75, 3.05) is 11.8 Å². The van der Waals surface area contributed by atoms with Crippen LogP contribution in [0.4, 0.5) is 11.4 Å². The van der Waals surface area contributed by atoms with Gasteiger partial charge in [0, 0.05) is 17.7 Å². The minimum Gasteiger partial charge on any atom is -0.495 e. The molecule has 2 aromatic carbocycles. The molecule has 4 aliphatic rings. The third-order valence-electron chi connectivity index (χ3n) is 7.85. The van der Waals surface area contributed by atoms with Crippen LogP contribution in [0.5, 0.6) is 5.75 Å². The normalized spacial score (nSPS) is 25.8. The highest BCUT2D eigenvalue weighted by atomic mass is 32.2. The molecule has 0 saturated heterocycles. The number of anilines is 1. The second kappa shape index (κ2) is 9.33. The minimum absolute atomic E-state index is 0.0275. The van der Waals surface area contributed by atoms with E-state index in [1.807, 2.05) is 0 Å². The molecule has 2 amide bonds. The van der Waals surface area contributed by atoms with Crippen molar-refractivity contribution in [1.82, 2.24) is 10.9 Å². The van der Waals surface area contributed by atoms with E-state index in [1.165, 1.54) is 62.8 Å². The average molecular weight is 529 g/mol. The quantitative estimate of drug-likeness (QED) is 0.367. The van der Waals surface area contributed by atoms with E-state index >= 15 is 0 Å². The van der Waals surface area contributed by atoms with Crippen molar-refractivity contribution < 1.29 is 27.7 Å². The third-order valence-corrected chi connectivity index (χ3v) is 9.22. The molecule has 4 fully saturated rings. The number of nitro groups is 1. The van der Waals surface area contributed by atoms with Gasteiger partial charge < -0.3 is 4.74 Å². The lowest BCUT2D eigenvalue weighted by atomic mass is 9.49. The Kier molecular flexibility index (Phi) is 6.30. The van der Waals surface area contributed by atoms with Crippen LogP contribution in [0.15, 0.2) is 47.4 Å². The number of hydrogen-bond acceptors (Lipinski definition) is 7. The molecular formula is C25H28N4O7S. The number of sulfonamides is 1. The van der Waals surface area contributed by atoms with E-state index in [0.29, 0.717) is 17.8 Å². The first-order valence-corrected chi connectivity index (χ1v) is 13.6. The fourth-order valence-electron chi connectivity index (χ4n) is 6.60. The van der Waals surface area contributed by atoms with Crippen molar-refractivity contribution in [2.24, 2.45) is 23.2 Å². The first-order chi connectivity index (χ1) is 17.6. The van der Waals surface area contributed by atoms with E-state index in [1.54, 1.807) is 0 Å². The summed E-state index contributed by atoms with van der Waals surface area (Å²) in [6.07, 6.45) is 6.12. The van der Waals surface area contributed by atoms with Gasteiger partial charge in [0.2, 0.25) is 5.91 Å². The molecular weight excluding hydrogens is 500 g/mol. The van der Waals surface area contributed by atoms with Gasteiger partial charge in [0.15, 0.2) is 0 Å². The molecule has 0 unspecified atom stereocenters. The molecule has 12 heteroatoms. The molecule has 0 spiro atoms. The molecule has 0 aromatic heterocycles. The van der Waals surface area contributed by atoms with E-state index in [0.717, 1.165) is 25.3 Å². The first kappa shape index (κ1) is 25.0. The summed E-state index contributed by atoms with van der Waals surface area (Å²) in [5, 5.41) is 11.1. The minimum atomic E-state index is -4.23. The monoisotopic (exact) mass is 528 g/mol. The maximum atomic E-state index is 13.1. The second-order valence-corrected chi connectivity index (χ2v) is 12.1. The molecule has 0 heterocycles. The zero-order valence-electron chi connectivity index (χ0n) is 20.2. The van der Waals surface area contributed by atoms with Crippen LogP contribution in [0.3, 0.4) is 0 Å². The van der Waals surface area contributed by atoms with Crippen molar-refractivity contribution in [3.05, 3.63) is 58.1 Å². The van der Waals surface area contributed by atoms with Gasteiger partial charge in [0.25, 0.3) is 21.6 Å². The molecule has 0 aliphatic heterocycles. The van der Waals surface area contributed by atoms with E-state index in [9.17, 15) is 28.1 Å². The Morgan fingerprint density at radius 1 is 1.00 bits per heavy atom. The van der Waals surface area contributed by atoms with E-state index < -0.39 is 26.3 Å². The molecule has 4 saturated carbocycles. The Morgan fingerprint density at radius 2 is 1.65 bits per heavy atom. The topological polar surface area (TPSA) is 157 Å². The molecule has 2 aromatic rings. The Labute approximate surface area is 214 Å². The fourth-order valence-corrected chi connectivity index (χ4v) is 7.71. The molecule has 0 radical (unpaired) electrons. The SMILES string of the molecule is COc1ccc([N+](=O)[O-])cc1NS(=O)(=O)c1cccc(C(=O)NNC(=O)C23CC4CC(CC(C4)C2)C3)c1. The highest BCUT2D eigenvalue weighted by molar-refractivity contribution is 7.92. The van der Waals surface area contributed by atoms with E-state index in [4.69, 9.17) is 4.74 Å². The summed E-state index contributed by atoms with van der Waals surface area (Å²) in [4.78, 5) is 36.1. The number of carbonyl (C=O) groups excluding carboxylic acids is 2. The van der Waals surface area contributed by atoms with Crippen molar-refractivity contribution >= 4 is 33.2 Å². The molecule has 196 valence electrons. The molecule has 0 atom stereocenters. The zero-order chi connectivity index (χ0) is 26.4. The number of non-ortho nitro benzene ring substituents is 1. The average Bonchev–Trinajstić information content (AvgIpc) is 2.86. The number of nitro benzene ring substituents is 1. The maximum Gasteiger partial charge on any atom is 0.271 e. The molecule has 4 aliphatic carbocycles. The fraction of sp³-hybridized carbons (Fsp3) is 0.440. The van der Waals surface area contributed by atoms with Crippen molar-refractivity contribution in [3.8, 4) is 5.75 Å². The smallest absolute Gasteiger partial charge is 0.271 e. The molecule has 37 heavy (non-hydrogen) atoms. The Morgan fingerprint density at radius 3 is 2.24 bits per heavy atom. The second-order valence-electron chi connectivity index (χ2n) is 10.4. The highest BCUT2D eigenvalue weighted by Gasteiger charge is 2.54. The van der Waals surface area contributed by atoms with Crippen LogP contribution in [0.2, 0.25) is 0 Å². The van der Waals surface area contributed by atoms with Crippen LogP contribution in [-0.4, -0.2) is 32.3 Å². The van der Waals surface area contributed by atoms with E-state index in [-0.39, 0.29) is 33.5 Å². The lowest BCUT2D eigenvalue weighted by Gasteiger charge is -2.55. The van der Waals surface area contributed by atoms with Crippen LogP contribution < -0.4 is 20.3 Å². The Balaban J connectivity index is 1.28. The number of hydrogen-bond donors (Lipinski definition) is 3. The van der Waals surface area contributed by atoms with Crippen molar-refractivity contribution in [3.63, 3.8) is 0 Å². The number of carbonyl (C=O) groups is 2. The van der Waals surface area contributed by atoms with Crippen LogP contribution >= 0.6 is 0 Å². The van der Waals surface area contributed by atoms with Gasteiger partial charge in [-0.3, -0.25) is 35.3 Å². The summed E-state index contributed by atoms with van der Waals surface area (Å²) >= 11 is 0. The van der Waals surface area contributed by atoms with Crippen LogP contribution in [-0.2, 0) is 14.8 Å². The van der Waals surface area contributed by atoms with E-state index in [2.05, 4.69) is 15.6 Å². The summed E-state index contributed by atoms with van der Waals surface area (Å²) in [5.41, 5.74) is 4.18.